The number of hydrogen-bond donors (Lipinski definition) is 4. The fourth-order valence-electron chi connectivity index (χ4n) is 2.09. The van der Waals surface area contributed by atoms with Gasteiger partial charge in [0.1, 0.15) is 0 Å². The zero-order valence-electron chi connectivity index (χ0n) is 12.2. The van der Waals surface area contributed by atoms with Gasteiger partial charge in [0.15, 0.2) is 12.2 Å². The molecule has 2 unspecified atom stereocenters. The second kappa shape index (κ2) is 8.36. The molecular weight excluding hydrogens is 296 g/mol. The van der Waals surface area contributed by atoms with Crippen LogP contribution in [0.1, 0.15) is 0 Å². The van der Waals surface area contributed by atoms with Crippen molar-refractivity contribution >= 4 is 11.9 Å². The Balaban J connectivity index is 1.77. The monoisotopic (exact) mass is 318 g/mol. The summed E-state index contributed by atoms with van der Waals surface area (Å²) >= 11 is 0. The lowest BCUT2D eigenvalue weighted by molar-refractivity contribution is -0.220. The highest BCUT2D eigenvalue weighted by Gasteiger charge is 2.35. The molecule has 2 fully saturated rings. The summed E-state index contributed by atoms with van der Waals surface area (Å²) in [5.74, 6) is -2.15. The Morgan fingerprint density at radius 2 is 1.09 bits per heavy atom. The lowest BCUT2D eigenvalue weighted by atomic mass is 10.2. The summed E-state index contributed by atoms with van der Waals surface area (Å²) in [6.45, 7) is 4.49. The summed E-state index contributed by atoms with van der Waals surface area (Å²) < 4.78 is 0. The summed E-state index contributed by atoms with van der Waals surface area (Å²) in [5, 5.41) is 28.3. The molecule has 10 nitrogen and oxygen atoms in total. The van der Waals surface area contributed by atoms with Gasteiger partial charge in [0.05, 0.1) is 0 Å². The number of nitrogens with one attached hydrogen (secondary N) is 2. The van der Waals surface area contributed by atoms with Crippen molar-refractivity contribution < 1.29 is 29.5 Å². The van der Waals surface area contributed by atoms with Gasteiger partial charge in [0.2, 0.25) is 0 Å². The molecule has 0 spiro atoms. The second-order valence-corrected chi connectivity index (χ2v) is 5.07. The molecule has 0 aromatic heterocycles. The van der Waals surface area contributed by atoms with Crippen LogP contribution in [0.15, 0.2) is 0 Å². The van der Waals surface area contributed by atoms with Crippen molar-refractivity contribution in [2.75, 3.05) is 52.4 Å². The van der Waals surface area contributed by atoms with E-state index in [0.29, 0.717) is 52.4 Å². The lowest BCUT2D eigenvalue weighted by Gasteiger charge is -2.28. The number of rotatable bonds is 5. The minimum absolute atomic E-state index is 0.472. The number of nitrogens with zero attached hydrogens (tertiary/aromatic N) is 2. The van der Waals surface area contributed by atoms with Gasteiger partial charge in [-0.25, -0.2) is 9.59 Å². The van der Waals surface area contributed by atoms with Gasteiger partial charge in [0, 0.05) is 52.4 Å². The number of carbonyl (C=O) groups is 2. The van der Waals surface area contributed by atoms with Crippen molar-refractivity contribution in [1.82, 2.24) is 20.8 Å². The van der Waals surface area contributed by atoms with Gasteiger partial charge in [-0.2, -0.15) is 0 Å². The van der Waals surface area contributed by atoms with Crippen LogP contribution in [0.5, 0.6) is 0 Å². The van der Waals surface area contributed by atoms with Crippen LogP contribution in [0.25, 0.3) is 0 Å². The van der Waals surface area contributed by atoms with Crippen molar-refractivity contribution in [3.05, 3.63) is 0 Å². The topological polar surface area (TPSA) is 124 Å². The molecule has 0 radical (unpaired) electrons. The SMILES string of the molecule is O=C(ON1CCNCC1)C(O)C(O)C(=O)ON1CCNCC1. The Hall–Kier alpha value is -1.30. The van der Waals surface area contributed by atoms with E-state index in [4.69, 9.17) is 9.68 Å². The van der Waals surface area contributed by atoms with Crippen molar-refractivity contribution in [3.8, 4) is 0 Å². The van der Waals surface area contributed by atoms with E-state index in [1.165, 1.54) is 10.1 Å². The van der Waals surface area contributed by atoms with Crippen LogP contribution in [0, 0.1) is 0 Å². The lowest BCUT2D eigenvalue weighted by Crippen LogP contribution is -2.50. The maximum absolute atomic E-state index is 11.7. The molecule has 2 rings (SSSR count). The van der Waals surface area contributed by atoms with Crippen LogP contribution in [-0.4, -0.2) is 96.8 Å². The predicted molar refractivity (Wildman–Crippen MR) is 73.1 cm³/mol. The van der Waals surface area contributed by atoms with Gasteiger partial charge in [0.25, 0.3) is 0 Å². The highest BCUT2D eigenvalue weighted by atomic mass is 16.7. The molecule has 0 aromatic rings. The molecule has 2 saturated heterocycles. The highest BCUT2D eigenvalue weighted by molar-refractivity contribution is 5.84. The third kappa shape index (κ3) is 4.87. The van der Waals surface area contributed by atoms with Gasteiger partial charge < -0.3 is 30.5 Å². The molecule has 2 aliphatic heterocycles. The average molecular weight is 318 g/mol. The van der Waals surface area contributed by atoms with E-state index in [1.54, 1.807) is 0 Å². The van der Waals surface area contributed by atoms with E-state index in [9.17, 15) is 19.8 Å². The van der Waals surface area contributed by atoms with E-state index in [0.717, 1.165) is 0 Å². The van der Waals surface area contributed by atoms with Gasteiger partial charge >= 0.3 is 11.9 Å². The molecule has 22 heavy (non-hydrogen) atoms. The van der Waals surface area contributed by atoms with Crippen molar-refractivity contribution in [3.63, 3.8) is 0 Å². The van der Waals surface area contributed by atoms with Crippen molar-refractivity contribution in [2.24, 2.45) is 0 Å². The number of hydroxylamine groups is 4. The average Bonchev–Trinajstić information content (AvgIpc) is 2.55. The van der Waals surface area contributed by atoms with Crippen LogP contribution in [0.4, 0.5) is 0 Å². The first kappa shape index (κ1) is 17.1. The normalized spacial score (nSPS) is 23.5. The van der Waals surface area contributed by atoms with Gasteiger partial charge in [-0.1, -0.05) is 0 Å². The zero-order chi connectivity index (χ0) is 15.9. The van der Waals surface area contributed by atoms with Crippen molar-refractivity contribution in [1.29, 1.82) is 0 Å². The molecule has 2 aliphatic rings. The summed E-state index contributed by atoms with van der Waals surface area (Å²) in [6.07, 6.45) is -3.96. The standard InChI is InChI=1S/C12H22N4O6/c17-9(11(19)21-15-5-1-13-2-6-15)10(18)12(20)22-16-7-3-14-4-8-16/h9-10,13-14,17-18H,1-8H2. The minimum atomic E-state index is -1.98. The maximum atomic E-state index is 11.7. The number of piperazine rings is 2. The number of aliphatic hydroxyl groups excluding tert-OH is 2. The minimum Gasteiger partial charge on any atom is -0.379 e. The third-order valence-corrected chi connectivity index (χ3v) is 3.37. The molecule has 126 valence electrons. The number of hydrogen-bond acceptors (Lipinski definition) is 10. The summed E-state index contributed by atoms with van der Waals surface area (Å²) in [6, 6.07) is 0. The van der Waals surface area contributed by atoms with Crippen LogP contribution < -0.4 is 10.6 Å². The number of carbonyl (C=O) groups excluding carboxylic acids is 2. The van der Waals surface area contributed by atoms with E-state index in [-0.39, 0.29) is 0 Å². The largest absolute Gasteiger partial charge is 0.379 e. The molecule has 4 N–H and O–H groups in total. The Morgan fingerprint density at radius 3 is 1.41 bits per heavy atom. The molecule has 0 aromatic carbocycles. The molecule has 2 atom stereocenters. The van der Waals surface area contributed by atoms with Gasteiger partial charge in [-0.05, 0) is 0 Å². The van der Waals surface area contributed by atoms with Crippen LogP contribution in [0.3, 0.4) is 0 Å². The Kier molecular flexibility index (Phi) is 6.49. The fourth-order valence-corrected chi connectivity index (χ4v) is 2.09. The zero-order valence-corrected chi connectivity index (χ0v) is 12.2. The van der Waals surface area contributed by atoms with E-state index in [2.05, 4.69) is 10.6 Å². The Bertz CT molecular complexity index is 348. The smallest absolute Gasteiger partial charge is 0.357 e. The molecule has 10 heteroatoms. The second-order valence-electron chi connectivity index (χ2n) is 5.07. The summed E-state index contributed by atoms with van der Waals surface area (Å²) in [4.78, 5) is 33.3. The third-order valence-electron chi connectivity index (χ3n) is 3.37. The quantitative estimate of drug-likeness (QED) is 0.405. The first-order valence-electron chi connectivity index (χ1n) is 7.29. The summed E-state index contributed by atoms with van der Waals surface area (Å²) in [5.41, 5.74) is 0. The predicted octanol–water partition coefficient (Wildman–Crippen LogP) is -3.56. The number of aliphatic hydroxyl groups is 2. The fraction of sp³-hybridized carbons (Fsp3) is 0.833. The molecule has 2 heterocycles. The maximum Gasteiger partial charge on any atom is 0.357 e. The Labute approximate surface area is 127 Å². The molecule has 0 aliphatic carbocycles. The first-order valence-corrected chi connectivity index (χ1v) is 7.29. The molecule has 0 amide bonds. The van der Waals surface area contributed by atoms with E-state index >= 15 is 0 Å². The highest BCUT2D eigenvalue weighted by Crippen LogP contribution is 2.05. The first-order chi connectivity index (χ1) is 10.6. The van der Waals surface area contributed by atoms with Gasteiger partial charge in [-0.3, -0.25) is 0 Å². The molecule has 0 bridgehead atoms. The molecular formula is C12H22N4O6. The van der Waals surface area contributed by atoms with Crippen LogP contribution in [-0.2, 0) is 19.3 Å². The van der Waals surface area contributed by atoms with E-state index in [1.807, 2.05) is 0 Å². The van der Waals surface area contributed by atoms with Gasteiger partial charge in [-0.15, -0.1) is 10.1 Å². The van der Waals surface area contributed by atoms with Crippen LogP contribution >= 0.6 is 0 Å². The van der Waals surface area contributed by atoms with Crippen molar-refractivity contribution in [2.45, 2.75) is 12.2 Å². The summed E-state index contributed by atoms with van der Waals surface area (Å²) in [7, 11) is 0. The molecule has 0 saturated carbocycles. The van der Waals surface area contributed by atoms with Crippen LogP contribution in [0.2, 0.25) is 0 Å². The van der Waals surface area contributed by atoms with E-state index < -0.39 is 24.1 Å². The Morgan fingerprint density at radius 1 is 0.773 bits per heavy atom.